The molecule has 2 fully saturated rings. The molecule has 23 heavy (non-hydrogen) atoms. The van der Waals surface area contributed by atoms with Crippen LogP contribution in [0.4, 0.5) is 4.79 Å². The average molecular weight is 325 g/mol. The van der Waals surface area contributed by atoms with Gasteiger partial charge >= 0.3 is 6.09 Å². The van der Waals surface area contributed by atoms with Crippen LogP contribution >= 0.6 is 0 Å². The average Bonchev–Trinajstić information content (AvgIpc) is 2.84. The van der Waals surface area contributed by atoms with Crippen LogP contribution in [0.25, 0.3) is 0 Å². The number of rotatable bonds is 4. The maximum absolute atomic E-state index is 12.0. The number of likely N-dealkylation sites (tertiary alicyclic amines) is 2. The summed E-state index contributed by atoms with van der Waals surface area (Å²) in [5.74, 6) is 1.15. The molecule has 132 valence electrons. The highest BCUT2D eigenvalue weighted by Crippen LogP contribution is 2.24. The van der Waals surface area contributed by atoms with Crippen molar-refractivity contribution in [2.45, 2.75) is 52.1 Å². The lowest BCUT2D eigenvalue weighted by molar-refractivity contribution is -0.127. The van der Waals surface area contributed by atoms with Gasteiger partial charge in [0.15, 0.2) is 0 Å². The zero-order valence-electron chi connectivity index (χ0n) is 14.7. The summed E-state index contributed by atoms with van der Waals surface area (Å²) >= 11 is 0. The first-order valence-corrected chi connectivity index (χ1v) is 8.74. The molecule has 0 aromatic heterocycles. The molecule has 6 heteroatoms. The minimum absolute atomic E-state index is 0.212. The molecule has 2 aliphatic heterocycles. The van der Waals surface area contributed by atoms with E-state index in [1.807, 2.05) is 25.7 Å². The molecule has 0 spiro atoms. The molecule has 0 aromatic carbocycles. The van der Waals surface area contributed by atoms with Gasteiger partial charge in [0.25, 0.3) is 0 Å². The third-order valence-electron chi connectivity index (χ3n) is 4.70. The number of nitrogens with two attached hydrogens (primary N) is 1. The third-order valence-corrected chi connectivity index (χ3v) is 4.70. The van der Waals surface area contributed by atoms with Crippen LogP contribution in [0.1, 0.15) is 46.5 Å². The maximum Gasteiger partial charge on any atom is 0.410 e. The van der Waals surface area contributed by atoms with E-state index in [2.05, 4.69) is 0 Å². The normalized spacial score (nSPS) is 23.5. The Bertz CT molecular complexity index is 425. The van der Waals surface area contributed by atoms with Crippen molar-refractivity contribution in [1.29, 1.82) is 0 Å². The standard InChI is InChI=1S/C17H31N3O3/c1-17(2,3)23-16(22)19-7-4-13(5-8-19)6-9-20-12-14(11-18)10-15(20)21/h13-14H,4-12,18H2,1-3H3. The molecule has 2 rings (SSSR count). The second-order valence-corrected chi connectivity index (χ2v) is 7.85. The number of nitrogens with zero attached hydrogens (tertiary/aromatic N) is 2. The second-order valence-electron chi connectivity index (χ2n) is 7.85. The van der Waals surface area contributed by atoms with E-state index in [1.54, 1.807) is 4.90 Å². The zero-order valence-corrected chi connectivity index (χ0v) is 14.7. The first kappa shape index (κ1) is 18.0. The van der Waals surface area contributed by atoms with Crippen LogP contribution in [0, 0.1) is 11.8 Å². The van der Waals surface area contributed by atoms with E-state index in [0.717, 1.165) is 45.4 Å². The largest absolute Gasteiger partial charge is 0.444 e. The smallest absolute Gasteiger partial charge is 0.410 e. The van der Waals surface area contributed by atoms with Crippen molar-refractivity contribution in [1.82, 2.24) is 9.80 Å². The van der Waals surface area contributed by atoms with E-state index in [1.165, 1.54) is 0 Å². The van der Waals surface area contributed by atoms with Gasteiger partial charge in [0.05, 0.1) is 0 Å². The van der Waals surface area contributed by atoms with Gasteiger partial charge in [-0.1, -0.05) is 0 Å². The number of piperidine rings is 1. The highest BCUT2D eigenvalue weighted by molar-refractivity contribution is 5.78. The van der Waals surface area contributed by atoms with E-state index in [4.69, 9.17) is 10.5 Å². The fourth-order valence-electron chi connectivity index (χ4n) is 3.30. The van der Waals surface area contributed by atoms with Crippen molar-refractivity contribution < 1.29 is 14.3 Å². The molecule has 6 nitrogen and oxygen atoms in total. The third kappa shape index (κ3) is 5.37. The molecule has 2 saturated heterocycles. The molecule has 0 bridgehead atoms. The monoisotopic (exact) mass is 325 g/mol. The van der Waals surface area contributed by atoms with Gasteiger partial charge < -0.3 is 20.3 Å². The Kier molecular flexibility index (Phi) is 5.89. The Hall–Kier alpha value is -1.30. The van der Waals surface area contributed by atoms with Crippen LogP contribution < -0.4 is 5.73 Å². The van der Waals surface area contributed by atoms with Gasteiger partial charge in [0.1, 0.15) is 5.60 Å². The minimum atomic E-state index is -0.441. The van der Waals surface area contributed by atoms with Crippen LogP contribution in [0.3, 0.4) is 0 Å². The van der Waals surface area contributed by atoms with Crippen LogP contribution in [-0.4, -0.2) is 60.1 Å². The predicted molar refractivity (Wildman–Crippen MR) is 88.9 cm³/mol. The van der Waals surface area contributed by atoms with Crippen molar-refractivity contribution in [2.75, 3.05) is 32.7 Å². The SMILES string of the molecule is CC(C)(C)OC(=O)N1CCC(CCN2CC(CN)CC2=O)CC1. The Balaban J connectivity index is 1.69. The van der Waals surface area contributed by atoms with E-state index < -0.39 is 5.60 Å². The molecule has 2 aliphatic rings. The van der Waals surface area contributed by atoms with Gasteiger partial charge in [0.2, 0.25) is 5.91 Å². The molecule has 2 heterocycles. The zero-order chi connectivity index (χ0) is 17.0. The Labute approximate surface area is 139 Å². The molecular formula is C17H31N3O3. The number of amides is 2. The molecular weight excluding hydrogens is 294 g/mol. The quantitative estimate of drug-likeness (QED) is 0.855. The summed E-state index contributed by atoms with van der Waals surface area (Å²) in [4.78, 5) is 27.7. The summed E-state index contributed by atoms with van der Waals surface area (Å²) in [6.07, 6.45) is 3.39. The molecule has 1 atom stereocenters. The number of carbonyl (C=O) groups excluding carboxylic acids is 2. The first-order valence-electron chi connectivity index (χ1n) is 8.74. The van der Waals surface area contributed by atoms with E-state index in [0.29, 0.717) is 24.8 Å². The lowest BCUT2D eigenvalue weighted by Gasteiger charge is -2.34. The van der Waals surface area contributed by atoms with Gasteiger partial charge in [-0.2, -0.15) is 0 Å². The van der Waals surface area contributed by atoms with Crippen molar-refractivity contribution in [3.63, 3.8) is 0 Å². The number of ether oxygens (including phenoxy) is 1. The molecule has 0 aromatic rings. The lowest BCUT2D eigenvalue weighted by Crippen LogP contribution is -2.42. The summed E-state index contributed by atoms with van der Waals surface area (Å²) in [5, 5.41) is 0. The number of carbonyl (C=O) groups is 2. The van der Waals surface area contributed by atoms with Crippen molar-refractivity contribution >= 4 is 12.0 Å². The van der Waals surface area contributed by atoms with Crippen molar-refractivity contribution in [3.8, 4) is 0 Å². The Morgan fingerprint density at radius 2 is 1.91 bits per heavy atom. The van der Waals surface area contributed by atoms with E-state index >= 15 is 0 Å². The topological polar surface area (TPSA) is 75.9 Å². The summed E-state index contributed by atoms with van der Waals surface area (Å²) in [7, 11) is 0. The van der Waals surface area contributed by atoms with Crippen LogP contribution in [0.15, 0.2) is 0 Å². The molecule has 2 N–H and O–H groups in total. The van der Waals surface area contributed by atoms with Crippen LogP contribution in [0.5, 0.6) is 0 Å². The van der Waals surface area contributed by atoms with Gasteiger partial charge in [-0.15, -0.1) is 0 Å². The summed E-state index contributed by atoms with van der Waals surface area (Å²) < 4.78 is 5.41. The van der Waals surface area contributed by atoms with Gasteiger partial charge in [0, 0.05) is 32.6 Å². The Morgan fingerprint density at radius 3 is 2.43 bits per heavy atom. The number of hydrogen-bond acceptors (Lipinski definition) is 4. The van der Waals surface area contributed by atoms with Crippen molar-refractivity contribution in [3.05, 3.63) is 0 Å². The minimum Gasteiger partial charge on any atom is -0.444 e. The maximum atomic E-state index is 12.0. The van der Waals surface area contributed by atoms with Gasteiger partial charge in [-0.3, -0.25) is 4.79 Å². The highest BCUT2D eigenvalue weighted by atomic mass is 16.6. The van der Waals surface area contributed by atoms with E-state index in [-0.39, 0.29) is 12.0 Å². The lowest BCUT2D eigenvalue weighted by atomic mass is 9.93. The van der Waals surface area contributed by atoms with Crippen molar-refractivity contribution in [2.24, 2.45) is 17.6 Å². The van der Waals surface area contributed by atoms with Crippen LogP contribution in [-0.2, 0) is 9.53 Å². The molecule has 0 aliphatic carbocycles. The van der Waals surface area contributed by atoms with Crippen LogP contribution in [0.2, 0.25) is 0 Å². The highest BCUT2D eigenvalue weighted by Gasteiger charge is 2.30. The van der Waals surface area contributed by atoms with Gasteiger partial charge in [-0.25, -0.2) is 4.79 Å². The molecule has 2 amide bonds. The summed E-state index contributed by atoms with van der Waals surface area (Å²) in [6.45, 7) is 9.39. The first-order chi connectivity index (χ1) is 10.8. The molecule has 1 unspecified atom stereocenters. The molecule has 0 radical (unpaired) electrons. The predicted octanol–water partition coefficient (Wildman–Crippen LogP) is 1.83. The Morgan fingerprint density at radius 1 is 1.26 bits per heavy atom. The number of hydrogen-bond donors (Lipinski definition) is 1. The fourth-order valence-corrected chi connectivity index (χ4v) is 3.30. The van der Waals surface area contributed by atoms with Gasteiger partial charge in [-0.05, 0) is 58.4 Å². The van der Waals surface area contributed by atoms with E-state index in [9.17, 15) is 9.59 Å². The fraction of sp³-hybridized carbons (Fsp3) is 0.882. The summed E-state index contributed by atoms with van der Waals surface area (Å²) in [5.41, 5.74) is 5.22. The summed E-state index contributed by atoms with van der Waals surface area (Å²) in [6, 6.07) is 0. The second kappa shape index (κ2) is 7.51. The molecule has 0 saturated carbocycles.